The lowest BCUT2D eigenvalue weighted by molar-refractivity contribution is 0.642. The smallest absolute Gasteiger partial charge is 0.0309 e. The van der Waals surface area contributed by atoms with Crippen LogP contribution in [0.3, 0.4) is 0 Å². The molecule has 1 unspecified atom stereocenters. The van der Waals surface area contributed by atoms with Crippen LogP contribution in [0.5, 0.6) is 0 Å². The molecule has 2 aromatic rings. The Balaban J connectivity index is 2.01. The van der Waals surface area contributed by atoms with Gasteiger partial charge in [0.2, 0.25) is 0 Å². The van der Waals surface area contributed by atoms with Crippen LogP contribution in [0.15, 0.2) is 46.0 Å². The molecule has 0 aliphatic rings. The summed E-state index contributed by atoms with van der Waals surface area (Å²) < 4.78 is 0. The molecule has 0 amide bonds. The number of hydrogen-bond donors (Lipinski definition) is 1. The molecule has 0 aliphatic heterocycles. The lowest BCUT2D eigenvalue weighted by Gasteiger charge is -2.14. The molecule has 0 fully saturated rings. The van der Waals surface area contributed by atoms with Crippen LogP contribution in [0, 0.1) is 0 Å². The van der Waals surface area contributed by atoms with Crippen molar-refractivity contribution < 1.29 is 0 Å². The number of rotatable bonds is 5. The second-order valence-corrected chi connectivity index (χ2v) is 5.65. The quantitative estimate of drug-likeness (QED) is 0.822. The van der Waals surface area contributed by atoms with Gasteiger partial charge in [0.05, 0.1) is 0 Å². The monoisotopic (exact) mass is 263 g/mol. The Morgan fingerprint density at radius 3 is 2.82 bits per heavy atom. The Kier molecular flexibility index (Phi) is 4.66. The molecule has 1 aromatic heterocycles. The van der Waals surface area contributed by atoms with Crippen LogP contribution in [-0.2, 0) is 6.42 Å². The fourth-order valence-electron chi connectivity index (χ4n) is 1.89. The predicted molar refractivity (Wildman–Crippen MR) is 77.8 cm³/mol. The minimum absolute atomic E-state index is 0.138. The number of aryl methyl sites for hydroxylation is 1. The average molecular weight is 263 g/mol. The molecule has 2 N–H and O–H groups in total. The number of benzene rings is 1. The van der Waals surface area contributed by atoms with Crippen molar-refractivity contribution in [1.82, 2.24) is 0 Å². The normalized spacial score (nSPS) is 12.6. The average Bonchev–Trinajstić information content (AvgIpc) is 2.89. The molecule has 0 aliphatic carbocycles. The van der Waals surface area contributed by atoms with Gasteiger partial charge in [0.1, 0.15) is 0 Å². The minimum atomic E-state index is 0.138. The second kappa shape index (κ2) is 6.24. The van der Waals surface area contributed by atoms with Gasteiger partial charge in [0.15, 0.2) is 0 Å². The first kappa shape index (κ1) is 12.7. The van der Waals surface area contributed by atoms with Crippen molar-refractivity contribution in [2.75, 3.05) is 6.26 Å². The zero-order chi connectivity index (χ0) is 12.1. The van der Waals surface area contributed by atoms with Gasteiger partial charge < -0.3 is 5.73 Å². The highest BCUT2D eigenvalue weighted by atomic mass is 32.2. The van der Waals surface area contributed by atoms with Crippen molar-refractivity contribution in [3.63, 3.8) is 0 Å². The largest absolute Gasteiger partial charge is 0.324 e. The van der Waals surface area contributed by atoms with Gasteiger partial charge in [-0.15, -0.1) is 11.8 Å². The van der Waals surface area contributed by atoms with E-state index in [0.29, 0.717) is 0 Å². The Morgan fingerprint density at radius 1 is 1.29 bits per heavy atom. The zero-order valence-electron chi connectivity index (χ0n) is 9.93. The van der Waals surface area contributed by atoms with Crippen LogP contribution in [0.4, 0.5) is 0 Å². The number of thiophene rings is 1. The zero-order valence-corrected chi connectivity index (χ0v) is 11.6. The van der Waals surface area contributed by atoms with Crippen molar-refractivity contribution >= 4 is 23.1 Å². The van der Waals surface area contributed by atoms with E-state index in [2.05, 4.69) is 47.3 Å². The molecule has 17 heavy (non-hydrogen) atoms. The Labute approximate surface area is 111 Å². The summed E-state index contributed by atoms with van der Waals surface area (Å²) in [6.07, 6.45) is 4.17. The number of hydrogen-bond acceptors (Lipinski definition) is 3. The minimum Gasteiger partial charge on any atom is -0.324 e. The lowest BCUT2D eigenvalue weighted by Crippen LogP contribution is -2.12. The van der Waals surface area contributed by atoms with Gasteiger partial charge in [0.25, 0.3) is 0 Å². The molecule has 3 heteroatoms. The van der Waals surface area contributed by atoms with Crippen molar-refractivity contribution in [2.24, 2.45) is 5.73 Å². The molecule has 0 saturated carbocycles. The van der Waals surface area contributed by atoms with E-state index in [4.69, 9.17) is 5.73 Å². The second-order valence-electron chi connectivity index (χ2n) is 4.02. The summed E-state index contributed by atoms with van der Waals surface area (Å²) in [5, 5.41) is 4.32. The van der Waals surface area contributed by atoms with Crippen LogP contribution >= 0.6 is 23.1 Å². The summed E-state index contributed by atoms with van der Waals surface area (Å²) in [5.41, 5.74) is 8.95. The Bertz CT molecular complexity index is 451. The molecule has 0 spiro atoms. The summed E-state index contributed by atoms with van der Waals surface area (Å²) in [5.74, 6) is 0. The van der Waals surface area contributed by atoms with E-state index in [1.807, 2.05) is 0 Å². The van der Waals surface area contributed by atoms with E-state index >= 15 is 0 Å². The summed E-state index contributed by atoms with van der Waals surface area (Å²) >= 11 is 3.52. The highest BCUT2D eigenvalue weighted by Crippen LogP contribution is 2.27. The first-order valence-electron chi connectivity index (χ1n) is 5.71. The number of thioether (sulfide) groups is 1. The first-order valence-corrected chi connectivity index (χ1v) is 7.87. The maximum absolute atomic E-state index is 6.28. The van der Waals surface area contributed by atoms with Crippen LogP contribution < -0.4 is 5.73 Å². The molecule has 0 saturated heterocycles. The van der Waals surface area contributed by atoms with Crippen molar-refractivity contribution in [3.05, 3.63) is 52.2 Å². The first-order chi connectivity index (χ1) is 8.31. The maximum Gasteiger partial charge on any atom is 0.0309 e. The van der Waals surface area contributed by atoms with E-state index in [-0.39, 0.29) is 6.04 Å². The third kappa shape index (κ3) is 3.35. The van der Waals surface area contributed by atoms with Gasteiger partial charge in [0, 0.05) is 10.9 Å². The van der Waals surface area contributed by atoms with Gasteiger partial charge in [-0.2, -0.15) is 11.3 Å². The van der Waals surface area contributed by atoms with E-state index in [9.17, 15) is 0 Å². The molecule has 1 nitrogen and oxygen atoms in total. The summed E-state index contributed by atoms with van der Waals surface area (Å²) in [6, 6.07) is 10.7. The van der Waals surface area contributed by atoms with Crippen LogP contribution in [0.25, 0.3) is 0 Å². The van der Waals surface area contributed by atoms with Crippen LogP contribution in [0.1, 0.15) is 23.6 Å². The third-order valence-electron chi connectivity index (χ3n) is 2.86. The molecule has 1 atom stereocenters. The van der Waals surface area contributed by atoms with Crippen LogP contribution in [0.2, 0.25) is 0 Å². The van der Waals surface area contributed by atoms with E-state index in [1.165, 1.54) is 16.0 Å². The Hall–Kier alpha value is -0.770. The third-order valence-corrected chi connectivity index (χ3v) is 4.41. The molecule has 1 aromatic carbocycles. The standard InChI is InChI=1S/C14H17NS2/c1-16-14-5-3-2-4-12(14)13(15)7-6-11-8-9-17-10-11/h2-5,8-10,13H,6-7,15H2,1H3. The molecule has 90 valence electrons. The molecule has 0 radical (unpaired) electrons. The van der Waals surface area contributed by atoms with Gasteiger partial charge in [-0.25, -0.2) is 0 Å². The van der Waals surface area contributed by atoms with Crippen molar-refractivity contribution in [3.8, 4) is 0 Å². The van der Waals surface area contributed by atoms with E-state index < -0.39 is 0 Å². The predicted octanol–water partition coefficient (Wildman–Crippen LogP) is 4.10. The number of nitrogens with two attached hydrogens (primary N) is 1. The SMILES string of the molecule is CSc1ccccc1C(N)CCc1ccsc1. The Morgan fingerprint density at radius 2 is 2.12 bits per heavy atom. The van der Waals surface area contributed by atoms with Crippen molar-refractivity contribution in [2.45, 2.75) is 23.8 Å². The van der Waals surface area contributed by atoms with Gasteiger partial charge in [-0.3, -0.25) is 0 Å². The summed E-state index contributed by atoms with van der Waals surface area (Å²) in [7, 11) is 0. The summed E-state index contributed by atoms with van der Waals surface area (Å²) in [6.45, 7) is 0. The topological polar surface area (TPSA) is 26.0 Å². The summed E-state index contributed by atoms with van der Waals surface area (Å²) in [4.78, 5) is 1.30. The molecule has 0 bridgehead atoms. The van der Waals surface area contributed by atoms with Crippen molar-refractivity contribution in [1.29, 1.82) is 0 Å². The molecule has 1 heterocycles. The molecular weight excluding hydrogens is 246 g/mol. The van der Waals surface area contributed by atoms with E-state index in [0.717, 1.165) is 12.8 Å². The van der Waals surface area contributed by atoms with Gasteiger partial charge >= 0.3 is 0 Å². The van der Waals surface area contributed by atoms with Gasteiger partial charge in [-0.05, 0) is 53.1 Å². The lowest BCUT2D eigenvalue weighted by atomic mass is 10.0. The maximum atomic E-state index is 6.28. The van der Waals surface area contributed by atoms with Crippen LogP contribution in [-0.4, -0.2) is 6.26 Å². The van der Waals surface area contributed by atoms with E-state index in [1.54, 1.807) is 23.1 Å². The molecule has 2 rings (SSSR count). The highest BCUT2D eigenvalue weighted by Gasteiger charge is 2.10. The fourth-order valence-corrected chi connectivity index (χ4v) is 3.26. The fraction of sp³-hybridized carbons (Fsp3) is 0.286. The molecular formula is C14H17NS2. The highest BCUT2D eigenvalue weighted by molar-refractivity contribution is 7.98. The van der Waals surface area contributed by atoms with Gasteiger partial charge in [-0.1, -0.05) is 18.2 Å².